The van der Waals surface area contributed by atoms with Gasteiger partial charge < -0.3 is 5.32 Å². The van der Waals surface area contributed by atoms with E-state index in [1.54, 1.807) is 19.3 Å². The first-order chi connectivity index (χ1) is 12.9. The average Bonchev–Trinajstić information content (AvgIpc) is 3.04. The second kappa shape index (κ2) is 7.92. The van der Waals surface area contributed by atoms with Gasteiger partial charge in [-0.05, 0) is 56.5 Å². The molecule has 2 aromatic heterocycles. The maximum absolute atomic E-state index is 11.4. The van der Waals surface area contributed by atoms with Crippen LogP contribution in [0.25, 0.3) is 22.4 Å². The minimum Gasteiger partial charge on any atom is -0.351 e. The Morgan fingerprint density at radius 2 is 1.78 bits per heavy atom. The first-order valence-electron chi connectivity index (χ1n) is 8.88. The number of hydrogen-bond donors (Lipinski definition) is 2. The summed E-state index contributed by atoms with van der Waals surface area (Å²) in [7, 11) is 0. The van der Waals surface area contributed by atoms with Crippen LogP contribution in [0, 0.1) is 0 Å². The van der Waals surface area contributed by atoms with Crippen molar-refractivity contribution in [3.63, 3.8) is 0 Å². The molecule has 0 aliphatic carbocycles. The van der Waals surface area contributed by atoms with Crippen LogP contribution in [-0.2, 0) is 11.2 Å². The van der Waals surface area contributed by atoms with Gasteiger partial charge in [-0.3, -0.25) is 14.9 Å². The molecule has 1 aromatic carbocycles. The topological polar surface area (TPSA) is 70.7 Å². The molecule has 0 saturated heterocycles. The smallest absolute Gasteiger partial charge is 0.217 e. The van der Waals surface area contributed by atoms with Crippen LogP contribution in [0.2, 0.25) is 5.02 Å². The Morgan fingerprint density at radius 3 is 2.41 bits per heavy atom. The molecule has 5 nitrogen and oxygen atoms in total. The quantitative estimate of drug-likeness (QED) is 0.652. The molecule has 2 N–H and O–H groups in total. The largest absolute Gasteiger partial charge is 0.351 e. The minimum atomic E-state index is -0.299. The lowest BCUT2D eigenvalue weighted by Crippen LogP contribution is -2.42. The highest BCUT2D eigenvalue weighted by Crippen LogP contribution is 2.34. The van der Waals surface area contributed by atoms with E-state index in [1.807, 2.05) is 50.2 Å². The summed E-state index contributed by atoms with van der Waals surface area (Å²) < 4.78 is 0. The summed E-state index contributed by atoms with van der Waals surface area (Å²) in [6.07, 6.45) is 5.09. The van der Waals surface area contributed by atoms with Crippen LogP contribution >= 0.6 is 11.6 Å². The molecule has 6 heteroatoms. The van der Waals surface area contributed by atoms with Gasteiger partial charge in [0.25, 0.3) is 0 Å². The number of halogens is 1. The van der Waals surface area contributed by atoms with Crippen LogP contribution in [0.4, 0.5) is 0 Å². The van der Waals surface area contributed by atoms with E-state index in [2.05, 4.69) is 20.5 Å². The van der Waals surface area contributed by atoms with Gasteiger partial charge in [0.2, 0.25) is 5.91 Å². The molecule has 3 rings (SSSR count). The van der Waals surface area contributed by atoms with E-state index in [-0.39, 0.29) is 11.4 Å². The summed E-state index contributed by atoms with van der Waals surface area (Å²) in [6, 6.07) is 11.6. The fraction of sp³-hybridized carbons (Fsp3) is 0.286. The van der Waals surface area contributed by atoms with E-state index >= 15 is 0 Å². The van der Waals surface area contributed by atoms with Crippen molar-refractivity contribution in [3.05, 3.63) is 59.5 Å². The predicted octanol–water partition coefficient (Wildman–Crippen LogP) is 4.64. The Hall–Kier alpha value is -2.66. The number of nitrogens with one attached hydrogen (secondary N) is 2. The van der Waals surface area contributed by atoms with Crippen molar-refractivity contribution in [2.24, 2.45) is 0 Å². The van der Waals surface area contributed by atoms with Crippen LogP contribution in [0.5, 0.6) is 0 Å². The minimum absolute atomic E-state index is 0.0270. The second-order valence-corrected chi connectivity index (χ2v) is 7.67. The number of carbonyl (C=O) groups excluding carboxylic acids is 1. The molecular weight excluding hydrogens is 360 g/mol. The third-order valence-corrected chi connectivity index (χ3v) is 4.69. The summed E-state index contributed by atoms with van der Waals surface area (Å²) in [5.74, 6) is -0.0270. The Morgan fingerprint density at radius 1 is 1.11 bits per heavy atom. The van der Waals surface area contributed by atoms with Crippen molar-refractivity contribution in [2.75, 3.05) is 0 Å². The van der Waals surface area contributed by atoms with Gasteiger partial charge in [-0.2, -0.15) is 5.10 Å². The average molecular weight is 383 g/mol. The van der Waals surface area contributed by atoms with Gasteiger partial charge in [0.1, 0.15) is 5.69 Å². The molecule has 0 bridgehead atoms. The Labute approximate surface area is 164 Å². The number of pyridine rings is 1. The van der Waals surface area contributed by atoms with Crippen LogP contribution < -0.4 is 5.32 Å². The van der Waals surface area contributed by atoms with Crippen molar-refractivity contribution < 1.29 is 4.79 Å². The zero-order chi connectivity index (χ0) is 19.4. The van der Waals surface area contributed by atoms with Gasteiger partial charge in [0, 0.05) is 46.7 Å². The molecule has 0 radical (unpaired) electrons. The molecule has 3 aromatic rings. The molecule has 1 amide bonds. The molecule has 0 fully saturated rings. The maximum Gasteiger partial charge on any atom is 0.217 e. The van der Waals surface area contributed by atoms with E-state index in [1.165, 1.54) is 0 Å². The van der Waals surface area contributed by atoms with Crippen molar-refractivity contribution >= 4 is 17.5 Å². The summed E-state index contributed by atoms with van der Waals surface area (Å²) in [4.78, 5) is 15.5. The van der Waals surface area contributed by atoms with E-state index in [4.69, 9.17) is 11.6 Å². The Kier molecular flexibility index (Phi) is 5.61. The molecule has 2 heterocycles. The summed E-state index contributed by atoms with van der Waals surface area (Å²) in [6.45, 7) is 5.59. The number of H-pyrrole nitrogens is 1. The Balaban J connectivity index is 1.97. The molecular formula is C21H23ClN4O. The van der Waals surface area contributed by atoms with Crippen molar-refractivity contribution in [2.45, 2.75) is 39.2 Å². The number of aromatic nitrogens is 3. The number of nitrogens with zero attached hydrogens (tertiary/aromatic N) is 2. The first-order valence-corrected chi connectivity index (χ1v) is 9.26. The third-order valence-electron chi connectivity index (χ3n) is 4.44. The first kappa shape index (κ1) is 19.1. The zero-order valence-corrected chi connectivity index (χ0v) is 16.5. The van der Waals surface area contributed by atoms with Crippen molar-refractivity contribution in [1.82, 2.24) is 20.5 Å². The lowest BCUT2D eigenvalue weighted by molar-refractivity contribution is -0.120. The number of benzene rings is 1. The number of amides is 1. The van der Waals surface area contributed by atoms with E-state index < -0.39 is 0 Å². The van der Waals surface area contributed by atoms with Gasteiger partial charge in [-0.25, -0.2) is 0 Å². The lowest BCUT2D eigenvalue weighted by atomic mass is 9.93. The molecule has 27 heavy (non-hydrogen) atoms. The maximum atomic E-state index is 11.4. The second-order valence-electron chi connectivity index (χ2n) is 7.23. The normalized spacial score (nSPS) is 11.4. The van der Waals surface area contributed by atoms with Gasteiger partial charge >= 0.3 is 0 Å². The van der Waals surface area contributed by atoms with E-state index in [0.717, 1.165) is 40.9 Å². The number of carbonyl (C=O) groups is 1. The number of rotatable bonds is 6. The third kappa shape index (κ3) is 4.74. The highest BCUT2D eigenvalue weighted by molar-refractivity contribution is 6.30. The molecule has 0 aliphatic rings. The summed E-state index contributed by atoms with van der Waals surface area (Å²) in [5.41, 5.74) is 4.71. The SMILES string of the molecule is CC(=O)NC(C)(C)CCc1[nH]nc(-c2ccc(Cl)cc2)c1-c1ccncc1. The Bertz CT molecular complexity index is 917. The predicted molar refractivity (Wildman–Crippen MR) is 108 cm³/mol. The molecule has 0 atom stereocenters. The van der Waals surface area contributed by atoms with Crippen molar-refractivity contribution in [1.29, 1.82) is 0 Å². The monoisotopic (exact) mass is 382 g/mol. The van der Waals surface area contributed by atoms with Crippen molar-refractivity contribution in [3.8, 4) is 22.4 Å². The number of aromatic amines is 1. The standard InChI is InChI=1S/C21H23ClN4O/c1-14(27)24-21(2,3)11-8-18-19(15-9-12-23-13-10-15)20(26-25-18)16-4-6-17(22)7-5-16/h4-7,9-10,12-13H,8,11H2,1-3H3,(H,24,27)(H,25,26). The van der Waals surface area contributed by atoms with Gasteiger partial charge in [0.15, 0.2) is 0 Å². The van der Waals surface area contributed by atoms with Crippen LogP contribution in [-0.4, -0.2) is 26.6 Å². The summed E-state index contributed by atoms with van der Waals surface area (Å²) >= 11 is 6.03. The highest BCUT2D eigenvalue weighted by Gasteiger charge is 2.22. The van der Waals surface area contributed by atoms with E-state index in [0.29, 0.717) is 5.02 Å². The molecule has 0 saturated carbocycles. The fourth-order valence-electron chi connectivity index (χ4n) is 3.18. The molecule has 0 aliphatic heterocycles. The molecule has 0 unspecified atom stereocenters. The number of aryl methyl sites for hydroxylation is 1. The van der Waals surface area contributed by atoms with Crippen LogP contribution in [0.1, 0.15) is 32.9 Å². The van der Waals surface area contributed by atoms with Crippen LogP contribution in [0.15, 0.2) is 48.8 Å². The molecule has 0 spiro atoms. The highest BCUT2D eigenvalue weighted by atomic mass is 35.5. The van der Waals surface area contributed by atoms with Gasteiger partial charge in [-0.15, -0.1) is 0 Å². The molecule has 140 valence electrons. The van der Waals surface area contributed by atoms with E-state index in [9.17, 15) is 4.79 Å². The summed E-state index contributed by atoms with van der Waals surface area (Å²) in [5, 5.41) is 11.5. The lowest BCUT2D eigenvalue weighted by Gasteiger charge is -2.25. The van der Waals surface area contributed by atoms with Gasteiger partial charge in [0.05, 0.1) is 0 Å². The fourth-order valence-corrected chi connectivity index (χ4v) is 3.31. The van der Waals surface area contributed by atoms with Crippen LogP contribution in [0.3, 0.4) is 0 Å². The zero-order valence-electron chi connectivity index (χ0n) is 15.7. The van der Waals surface area contributed by atoms with Gasteiger partial charge in [-0.1, -0.05) is 23.7 Å². The number of hydrogen-bond acceptors (Lipinski definition) is 3.